The van der Waals surface area contributed by atoms with E-state index in [0.717, 1.165) is 48.4 Å². The second-order valence-electron chi connectivity index (χ2n) is 4.86. The van der Waals surface area contributed by atoms with Crippen LogP contribution in [0.2, 0.25) is 0 Å². The molecular weight excluding hydrogens is 246 g/mol. The molecule has 3 rings (SSSR count). The molecular formula is C13H17N3OS. The van der Waals surface area contributed by atoms with Gasteiger partial charge in [0.15, 0.2) is 5.17 Å². The summed E-state index contributed by atoms with van der Waals surface area (Å²) in [5.74, 6) is 1.07. The second-order valence-corrected chi connectivity index (χ2v) is 5.82. The van der Waals surface area contributed by atoms with Gasteiger partial charge in [-0.3, -0.25) is 9.98 Å². The molecule has 0 radical (unpaired) electrons. The minimum absolute atomic E-state index is 0.114. The van der Waals surface area contributed by atoms with Gasteiger partial charge in [0.25, 0.3) is 0 Å². The average Bonchev–Trinajstić information content (AvgIpc) is 2.76. The van der Waals surface area contributed by atoms with Crippen LogP contribution < -0.4 is 5.32 Å². The number of hydrogen-bond acceptors (Lipinski definition) is 5. The minimum atomic E-state index is 0.114. The van der Waals surface area contributed by atoms with Crippen molar-refractivity contribution in [3.8, 4) is 0 Å². The van der Waals surface area contributed by atoms with Crippen molar-refractivity contribution in [2.75, 3.05) is 24.3 Å². The molecule has 1 spiro atoms. The van der Waals surface area contributed by atoms with Crippen molar-refractivity contribution < 1.29 is 4.74 Å². The molecule has 96 valence electrons. The van der Waals surface area contributed by atoms with Gasteiger partial charge >= 0.3 is 0 Å². The Morgan fingerprint density at radius 2 is 2.17 bits per heavy atom. The molecule has 18 heavy (non-hydrogen) atoms. The maximum Gasteiger partial charge on any atom is 0.161 e. The minimum Gasteiger partial charge on any atom is -0.381 e. The first-order chi connectivity index (χ1) is 8.76. The highest BCUT2D eigenvalue weighted by atomic mass is 32.2. The lowest BCUT2D eigenvalue weighted by atomic mass is 9.93. The van der Waals surface area contributed by atoms with Gasteiger partial charge < -0.3 is 10.1 Å². The Hall–Kier alpha value is -1.07. The van der Waals surface area contributed by atoms with Crippen LogP contribution in [-0.2, 0) is 4.74 Å². The van der Waals surface area contributed by atoms with E-state index in [1.54, 1.807) is 11.8 Å². The smallest absolute Gasteiger partial charge is 0.161 e. The number of aromatic nitrogens is 1. The summed E-state index contributed by atoms with van der Waals surface area (Å²) >= 11 is 1.80. The van der Waals surface area contributed by atoms with Crippen LogP contribution >= 0.6 is 11.8 Å². The monoisotopic (exact) mass is 263 g/mol. The first-order valence-electron chi connectivity index (χ1n) is 6.26. The molecule has 2 aliphatic heterocycles. The standard InChI is InChI=1S/C13H17N3OS/c1-10-2-3-11(8-14-10)15-12-16-13(9-18-12)4-6-17-7-5-13/h2-3,8H,4-7,9H2,1H3,(H,15,16). The van der Waals surface area contributed by atoms with Gasteiger partial charge in [0.2, 0.25) is 0 Å². The van der Waals surface area contributed by atoms with Gasteiger partial charge in [0.05, 0.1) is 17.4 Å². The zero-order valence-corrected chi connectivity index (χ0v) is 11.3. The Bertz CT molecular complexity index is 452. The molecule has 0 unspecified atom stereocenters. The molecule has 5 heteroatoms. The third kappa shape index (κ3) is 2.52. The van der Waals surface area contributed by atoms with E-state index in [9.17, 15) is 0 Å². The van der Waals surface area contributed by atoms with E-state index in [4.69, 9.17) is 9.73 Å². The lowest BCUT2D eigenvalue weighted by Gasteiger charge is -2.29. The van der Waals surface area contributed by atoms with Crippen molar-refractivity contribution >= 4 is 22.6 Å². The van der Waals surface area contributed by atoms with Crippen molar-refractivity contribution in [2.24, 2.45) is 4.99 Å². The van der Waals surface area contributed by atoms with Gasteiger partial charge in [0, 0.05) is 24.7 Å². The van der Waals surface area contributed by atoms with Gasteiger partial charge in [0.1, 0.15) is 0 Å². The second kappa shape index (κ2) is 4.90. The summed E-state index contributed by atoms with van der Waals surface area (Å²) in [6, 6.07) is 4.05. The van der Waals surface area contributed by atoms with Gasteiger partial charge in [-0.05, 0) is 31.9 Å². The number of amidine groups is 1. The first kappa shape index (κ1) is 12.0. The Kier molecular flexibility index (Phi) is 3.26. The van der Waals surface area contributed by atoms with Crippen LogP contribution in [0.5, 0.6) is 0 Å². The highest BCUT2D eigenvalue weighted by molar-refractivity contribution is 8.14. The van der Waals surface area contributed by atoms with Crippen LogP contribution in [0.15, 0.2) is 23.3 Å². The van der Waals surface area contributed by atoms with E-state index in [1.165, 1.54) is 0 Å². The lowest BCUT2D eigenvalue weighted by molar-refractivity contribution is 0.0624. The lowest BCUT2D eigenvalue weighted by Crippen LogP contribution is -2.34. The van der Waals surface area contributed by atoms with Crippen molar-refractivity contribution in [3.05, 3.63) is 24.0 Å². The van der Waals surface area contributed by atoms with Gasteiger partial charge in [-0.25, -0.2) is 0 Å². The number of rotatable bonds is 1. The SMILES string of the molecule is Cc1ccc(NC2=NC3(CCOCC3)CS2)cn1. The topological polar surface area (TPSA) is 46.5 Å². The van der Waals surface area contributed by atoms with Crippen LogP contribution in [0.4, 0.5) is 5.69 Å². The third-order valence-electron chi connectivity index (χ3n) is 3.40. The fourth-order valence-electron chi connectivity index (χ4n) is 2.22. The summed E-state index contributed by atoms with van der Waals surface area (Å²) in [5.41, 5.74) is 2.15. The highest BCUT2D eigenvalue weighted by Crippen LogP contribution is 2.36. The van der Waals surface area contributed by atoms with Crippen molar-refractivity contribution in [1.29, 1.82) is 0 Å². The summed E-state index contributed by atoms with van der Waals surface area (Å²) in [6.45, 7) is 3.66. The van der Waals surface area contributed by atoms with Crippen molar-refractivity contribution in [1.82, 2.24) is 4.98 Å². The Morgan fingerprint density at radius 1 is 1.33 bits per heavy atom. The molecule has 3 heterocycles. The molecule has 0 aliphatic carbocycles. The zero-order valence-electron chi connectivity index (χ0n) is 10.5. The number of anilines is 1. The molecule has 2 aliphatic rings. The number of aliphatic imine (C=N–C) groups is 1. The number of ether oxygens (including phenoxy) is 1. The van der Waals surface area contributed by atoms with Crippen LogP contribution in [0.3, 0.4) is 0 Å². The Balaban J connectivity index is 1.70. The van der Waals surface area contributed by atoms with Crippen molar-refractivity contribution in [3.63, 3.8) is 0 Å². The van der Waals surface area contributed by atoms with E-state index in [0.29, 0.717) is 0 Å². The average molecular weight is 263 g/mol. The molecule has 1 N–H and O–H groups in total. The molecule has 0 atom stereocenters. The molecule has 1 aromatic rings. The first-order valence-corrected chi connectivity index (χ1v) is 7.24. The maximum absolute atomic E-state index is 5.41. The molecule has 0 aromatic carbocycles. The van der Waals surface area contributed by atoms with Gasteiger partial charge in [-0.1, -0.05) is 11.8 Å². The summed E-state index contributed by atoms with van der Waals surface area (Å²) in [4.78, 5) is 9.14. The summed E-state index contributed by atoms with van der Waals surface area (Å²) in [6.07, 6.45) is 3.93. The molecule has 0 bridgehead atoms. The number of aryl methyl sites for hydroxylation is 1. The van der Waals surface area contributed by atoms with Crippen LogP contribution in [0.25, 0.3) is 0 Å². The van der Waals surface area contributed by atoms with E-state index < -0.39 is 0 Å². The third-order valence-corrected chi connectivity index (χ3v) is 4.55. The maximum atomic E-state index is 5.41. The van der Waals surface area contributed by atoms with E-state index in [-0.39, 0.29) is 5.54 Å². The van der Waals surface area contributed by atoms with E-state index in [1.807, 2.05) is 25.3 Å². The van der Waals surface area contributed by atoms with Crippen LogP contribution in [0.1, 0.15) is 18.5 Å². The number of thioether (sulfide) groups is 1. The highest BCUT2D eigenvalue weighted by Gasteiger charge is 2.37. The fraction of sp³-hybridized carbons (Fsp3) is 0.538. The molecule has 1 fully saturated rings. The van der Waals surface area contributed by atoms with E-state index in [2.05, 4.69) is 10.3 Å². The fourth-order valence-corrected chi connectivity index (χ4v) is 3.43. The zero-order chi connectivity index (χ0) is 12.4. The Morgan fingerprint density at radius 3 is 2.89 bits per heavy atom. The largest absolute Gasteiger partial charge is 0.381 e. The summed E-state index contributed by atoms with van der Waals surface area (Å²) < 4.78 is 5.41. The van der Waals surface area contributed by atoms with Gasteiger partial charge in [-0.15, -0.1) is 0 Å². The Labute approximate surface area is 111 Å². The van der Waals surface area contributed by atoms with Crippen molar-refractivity contribution in [2.45, 2.75) is 25.3 Å². The molecule has 1 aromatic heterocycles. The quantitative estimate of drug-likeness (QED) is 0.845. The molecule has 1 saturated heterocycles. The van der Waals surface area contributed by atoms with Gasteiger partial charge in [-0.2, -0.15) is 0 Å². The normalized spacial score (nSPS) is 21.9. The number of pyridine rings is 1. The molecule has 0 amide bonds. The number of hydrogen-bond donors (Lipinski definition) is 1. The predicted octanol–water partition coefficient (Wildman–Crippen LogP) is 2.45. The number of nitrogens with one attached hydrogen (secondary N) is 1. The van der Waals surface area contributed by atoms with Crippen LogP contribution in [0, 0.1) is 6.92 Å². The van der Waals surface area contributed by atoms with E-state index >= 15 is 0 Å². The molecule has 4 nitrogen and oxygen atoms in total. The molecule has 0 saturated carbocycles. The van der Waals surface area contributed by atoms with Crippen LogP contribution in [-0.4, -0.2) is 34.7 Å². The predicted molar refractivity (Wildman–Crippen MR) is 75.3 cm³/mol. The summed E-state index contributed by atoms with van der Waals surface area (Å²) in [5, 5.41) is 4.37. The number of nitrogens with zero attached hydrogens (tertiary/aromatic N) is 2. The summed E-state index contributed by atoms with van der Waals surface area (Å²) in [7, 11) is 0.